The monoisotopic (exact) mass is 256 g/mol. The van der Waals surface area contributed by atoms with E-state index in [9.17, 15) is 4.79 Å². The van der Waals surface area contributed by atoms with Crippen molar-refractivity contribution in [2.75, 3.05) is 5.73 Å². The summed E-state index contributed by atoms with van der Waals surface area (Å²) in [6.07, 6.45) is 5.79. The molecular formula is C14H16N4O. The van der Waals surface area contributed by atoms with Gasteiger partial charge in [-0.3, -0.25) is 9.78 Å². The lowest BCUT2D eigenvalue weighted by molar-refractivity contribution is 0.0941. The Morgan fingerprint density at radius 3 is 3.00 bits per heavy atom. The summed E-state index contributed by atoms with van der Waals surface area (Å²) in [7, 11) is 0. The quantitative estimate of drug-likeness (QED) is 0.875. The summed E-state index contributed by atoms with van der Waals surface area (Å²) in [6, 6.07) is 7.80. The van der Waals surface area contributed by atoms with Crippen LogP contribution in [0.4, 0.5) is 5.69 Å². The van der Waals surface area contributed by atoms with Crippen molar-refractivity contribution in [3.05, 3.63) is 48.0 Å². The normalized spacial score (nSPS) is 14.3. The Hall–Kier alpha value is -2.30. The molecule has 3 rings (SSSR count). The summed E-state index contributed by atoms with van der Waals surface area (Å²) in [4.78, 5) is 16.3. The third kappa shape index (κ3) is 2.59. The van der Waals surface area contributed by atoms with Gasteiger partial charge in [0.05, 0.1) is 17.9 Å². The lowest BCUT2D eigenvalue weighted by Crippen LogP contribution is -2.25. The zero-order valence-electron chi connectivity index (χ0n) is 10.5. The van der Waals surface area contributed by atoms with E-state index in [0.717, 1.165) is 18.5 Å². The smallest absolute Gasteiger partial charge is 0.268 e. The average Bonchev–Trinajstić information content (AvgIpc) is 3.20. The third-order valence-corrected chi connectivity index (χ3v) is 3.20. The molecule has 2 aromatic heterocycles. The van der Waals surface area contributed by atoms with E-state index in [0.29, 0.717) is 24.0 Å². The molecule has 0 unspecified atom stereocenters. The molecule has 98 valence electrons. The fourth-order valence-electron chi connectivity index (χ4n) is 2.10. The average molecular weight is 256 g/mol. The van der Waals surface area contributed by atoms with Crippen LogP contribution in [0.1, 0.15) is 35.1 Å². The van der Waals surface area contributed by atoms with Gasteiger partial charge in [-0.15, -0.1) is 0 Å². The number of nitrogen functional groups attached to an aromatic ring is 1. The van der Waals surface area contributed by atoms with E-state index < -0.39 is 0 Å². The van der Waals surface area contributed by atoms with E-state index in [1.165, 1.54) is 0 Å². The van der Waals surface area contributed by atoms with Gasteiger partial charge in [-0.25, -0.2) is 0 Å². The number of carbonyl (C=O) groups excluding carboxylic acids is 1. The van der Waals surface area contributed by atoms with Crippen LogP contribution in [0.2, 0.25) is 0 Å². The summed E-state index contributed by atoms with van der Waals surface area (Å²) in [5.74, 6) is -0.103. The highest BCUT2D eigenvalue weighted by atomic mass is 16.1. The van der Waals surface area contributed by atoms with Crippen LogP contribution < -0.4 is 11.1 Å². The third-order valence-electron chi connectivity index (χ3n) is 3.20. The Kier molecular flexibility index (Phi) is 2.95. The molecule has 19 heavy (non-hydrogen) atoms. The van der Waals surface area contributed by atoms with Crippen LogP contribution in [0.5, 0.6) is 0 Å². The van der Waals surface area contributed by atoms with Crippen LogP contribution in [0, 0.1) is 0 Å². The van der Waals surface area contributed by atoms with Gasteiger partial charge in [0.2, 0.25) is 0 Å². The summed E-state index contributed by atoms with van der Waals surface area (Å²) < 4.78 is 1.98. The van der Waals surface area contributed by atoms with Gasteiger partial charge in [0, 0.05) is 18.4 Å². The van der Waals surface area contributed by atoms with Gasteiger partial charge in [0.15, 0.2) is 0 Å². The summed E-state index contributed by atoms with van der Waals surface area (Å²) >= 11 is 0. The molecule has 2 aromatic rings. The van der Waals surface area contributed by atoms with Crippen LogP contribution in [-0.4, -0.2) is 15.5 Å². The molecule has 0 atom stereocenters. The molecule has 5 heteroatoms. The molecule has 0 aromatic carbocycles. The van der Waals surface area contributed by atoms with E-state index in [-0.39, 0.29) is 5.91 Å². The highest BCUT2D eigenvalue weighted by Gasteiger charge is 2.27. The lowest BCUT2D eigenvalue weighted by Gasteiger charge is -2.08. The van der Waals surface area contributed by atoms with Crippen LogP contribution in [0.25, 0.3) is 0 Å². The fourth-order valence-corrected chi connectivity index (χ4v) is 2.10. The first kappa shape index (κ1) is 11.8. The van der Waals surface area contributed by atoms with Gasteiger partial charge < -0.3 is 15.6 Å². The maximum absolute atomic E-state index is 12.2. The maximum Gasteiger partial charge on any atom is 0.268 e. The van der Waals surface area contributed by atoms with Gasteiger partial charge in [0.25, 0.3) is 5.91 Å². The van der Waals surface area contributed by atoms with Crippen LogP contribution >= 0.6 is 0 Å². The molecule has 1 saturated carbocycles. The minimum Gasteiger partial charge on any atom is -0.397 e. The van der Waals surface area contributed by atoms with Crippen LogP contribution in [0.3, 0.4) is 0 Å². The van der Waals surface area contributed by atoms with Gasteiger partial charge in [-0.1, -0.05) is 6.07 Å². The molecule has 5 nitrogen and oxygen atoms in total. The topological polar surface area (TPSA) is 72.9 Å². The molecule has 0 radical (unpaired) electrons. The second kappa shape index (κ2) is 4.76. The summed E-state index contributed by atoms with van der Waals surface area (Å²) in [5, 5.41) is 2.87. The second-order valence-electron chi connectivity index (χ2n) is 4.80. The second-order valence-corrected chi connectivity index (χ2v) is 4.80. The SMILES string of the molecule is Nc1cc(C(=O)NCc2ccccn2)n(C2CC2)c1. The van der Waals surface area contributed by atoms with Crippen molar-refractivity contribution >= 4 is 11.6 Å². The van der Waals surface area contributed by atoms with E-state index >= 15 is 0 Å². The van der Waals surface area contributed by atoms with Gasteiger partial charge in [0.1, 0.15) is 5.69 Å². The van der Waals surface area contributed by atoms with E-state index in [4.69, 9.17) is 5.73 Å². The largest absolute Gasteiger partial charge is 0.397 e. The van der Waals surface area contributed by atoms with Gasteiger partial charge in [-0.05, 0) is 31.0 Å². The summed E-state index contributed by atoms with van der Waals surface area (Å²) in [6.45, 7) is 0.426. The van der Waals surface area contributed by atoms with Gasteiger partial charge >= 0.3 is 0 Å². The van der Waals surface area contributed by atoms with Crippen molar-refractivity contribution in [3.63, 3.8) is 0 Å². The Morgan fingerprint density at radius 1 is 1.47 bits per heavy atom. The molecule has 0 saturated heterocycles. The Balaban J connectivity index is 1.70. The van der Waals surface area contributed by atoms with E-state index in [1.807, 2.05) is 29.0 Å². The number of nitrogens with two attached hydrogens (primary N) is 1. The molecule has 1 aliphatic carbocycles. The first-order valence-corrected chi connectivity index (χ1v) is 6.39. The van der Waals surface area contributed by atoms with Crippen molar-refractivity contribution in [3.8, 4) is 0 Å². The molecule has 1 aliphatic rings. The number of hydrogen-bond acceptors (Lipinski definition) is 3. The molecule has 0 aliphatic heterocycles. The number of aromatic nitrogens is 2. The van der Waals surface area contributed by atoms with Crippen molar-refractivity contribution < 1.29 is 4.79 Å². The minimum atomic E-state index is -0.103. The standard InChI is InChI=1S/C14H16N4O/c15-10-7-13(18(9-10)12-4-5-12)14(19)17-8-11-3-1-2-6-16-11/h1-3,6-7,9,12H,4-5,8,15H2,(H,17,19). The highest BCUT2D eigenvalue weighted by molar-refractivity contribution is 5.93. The zero-order chi connectivity index (χ0) is 13.2. The molecule has 0 bridgehead atoms. The molecule has 3 N–H and O–H groups in total. The number of amides is 1. The number of nitrogens with zero attached hydrogens (tertiary/aromatic N) is 2. The summed E-state index contributed by atoms with van der Waals surface area (Å²) in [5.41, 5.74) is 7.89. The number of rotatable bonds is 4. The van der Waals surface area contributed by atoms with Crippen molar-refractivity contribution in [2.45, 2.75) is 25.4 Å². The molecule has 0 spiro atoms. The van der Waals surface area contributed by atoms with Crippen molar-refractivity contribution in [1.29, 1.82) is 0 Å². The molecular weight excluding hydrogens is 240 g/mol. The zero-order valence-corrected chi connectivity index (χ0v) is 10.5. The van der Waals surface area contributed by atoms with Crippen LogP contribution in [0.15, 0.2) is 36.7 Å². The molecule has 1 amide bonds. The van der Waals surface area contributed by atoms with Crippen molar-refractivity contribution in [1.82, 2.24) is 14.9 Å². The fraction of sp³-hybridized carbons (Fsp3) is 0.286. The number of pyridine rings is 1. The highest BCUT2D eigenvalue weighted by Crippen LogP contribution is 2.37. The van der Waals surface area contributed by atoms with E-state index in [2.05, 4.69) is 10.3 Å². The Morgan fingerprint density at radius 2 is 2.32 bits per heavy atom. The minimum absolute atomic E-state index is 0.103. The predicted octanol–water partition coefficient (Wildman–Crippen LogP) is 1.73. The van der Waals surface area contributed by atoms with Gasteiger partial charge in [-0.2, -0.15) is 0 Å². The van der Waals surface area contributed by atoms with Crippen LogP contribution in [-0.2, 0) is 6.54 Å². The number of carbonyl (C=O) groups is 1. The number of nitrogens with one attached hydrogen (secondary N) is 1. The first-order chi connectivity index (χ1) is 9.24. The maximum atomic E-state index is 12.2. The van der Waals surface area contributed by atoms with E-state index in [1.54, 1.807) is 12.3 Å². The lowest BCUT2D eigenvalue weighted by atomic mass is 10.3. The number of hydrogen-bond donors (Lipinski definition) is 2. The Bertz CT molecular complexity index is 587. The first-order valence-electron chi connectivity index (χ1n) is 6.39. The predicted molar refractivity (Wildman–Crippen MR) is 72.5 cm³/mol. The molecule has 1 fully saturated rings. The number of anilines is 1. The van der Waals surface area contributed by atoms with Crippen molar-refractivity contribution in [2.24, 2.45) is 0 Å². The Labute approximate surface area is 111 Å². The molecule has 2 heterocycles.